The van der Waals surface area contributed by atoms with Gasteiger partial charge in [-0.3, -0.25) is 0 Å². The van der Waals surface area contributed by atoms with Crippen molar-refractivity contribution >= 4 is 26.5 Å². The second-order valence-electron chi connectivity index (χ2n) is 3.44. The summed E-state index contributed by atoms with van der Waals surface area (Å²) in [6, 6.07) is 0. The molecule has 0 aromatic carbocycles. The van der Waals surface area contributed by atoms with E-state index in [4.69, 9.17) is 5.73 Å². The van der Waals surface area contributed by atoms with Crippen LogP contribution in [0.25, 0.3) is 0 Å². The smallest absolute Gasteiger partial charge is 0.272 e. The van der Waals surface area contributed by atoms with Gasteiger partial charge < -0.3 is 5.73 Å². The highest BCUT2D eigenvalue weighted by Crippen LogP contribution is 2.20. The summed E-state index contributed by atoms with van der Waals surface area (Å²) in [7, 11) is -1.96. The van der Waals surface area contributed by atoms with Crippen molar-refractivity contribution in [2.45, 2.75) is 30.5 Å². The zero-order chi connectivity index (χ0) is 12.2. The van der Waals surface area contributed by atoms with E-state index in [1.54, 1.807) is 7.05 Å². The second kappa shape index (κ2) is 5.55. The Balaban J connectivity index is 2.70. The quantitative estimate of drug-likeness (QED) is 0.772. The van der Waals surface area contributed by atoms with Crippen LogP contribution in [0.4, 0.5) is 5.13 Å². The molecule has 16 heavy (non-hydrogen) atoms. The molecule has 6 nitrogen and oxygen atoms in total. The van der Waals surface area contributed by atoms with Crippen molar-refractivity contribution in [1.82, 2.24) is 14.5 Å². The number of nitrogens with zero attached hydrogens (tertiary/aromatic N) is 3. The molecule has 0 aliphatic carbocycles. The van der Waals surface area contributed by atoms with Crippen LogP contribution >= 0.6 is 11.3 Å². The number of unbranched alkanes of at least 4 members (excludes halogenated alkanes) is 2. The Hall–Kier alpha value is -0.730. The Bertz CT molecular complexity index is 429. The Kier molecular flexibility index (Phi) is 4.63. The molecule has 0 aliphatic heterocycles. The monoisotopic (exact) mass is 264 g/mol. The van der Waals surface area contributed by atoms with Crippen molar-refractivity contribution in [2.24, 2.45) is 0 Å². The number of hydrogen-bond donors (Lipinski definition) is 1. The third-order valence-electron chi connectivity index (χ3n) is 2.13. The molecular weight excluding hydrogens is 248 g/mol. The molecule has 0 saturated carbocycles. The van der Waals surface area contributed by atoms with E-state index >= 15 is 0 Å². The molecule has 1 aromatic heterocycles. The van der Waals surface area contributed by atoms with Gasteiger partial charge in [0.25, 0.3) is 10.0 Å². The lowest BCUT2D eigenvalue weighted by Crippen LogP contribution is -2.27. The van der Waals surface area contributed by atoms with Crippen LogP contribution in [-0.4, -0.2) is 36.5 Å². The number of hydrogen-bond acceptors (Lipinski definition) is 6. The summed E-state index contributed by atoms with van der Waals surface area (Å²) in [6.07, 6.45) is 2.91. The Morgan fingerprint density at radius 3 is 2.56 bits per heavy atom. The summed E-state index contributed by atoms with van der Waals surface area (Å²) in [4.78, 5) is 0. The maximum absolute atomic E-state index is 11.9. The molecule has 0 spiro atoms. The minimum absolute atomic E-state index is 0.0380. The summed E-state index contributed by atoms with van der Waals surface area (Å²) < 4.78 is 25.1. The average Bonchev–Trinajstić information content (AvgIpc) is 2.65. The zero-order valence-electron chi connectivity index (χ0n) is 9.38. The fourth-order valence-corrected chi connectivity index (χ4v) is 3.34. The predicted molar refractivity (Wildman–Crippen MR) is 63.7 cm³/mol. The van der Waals surface area contributed by atoms with E-state index in [2.05, 4.69) is 17.1 Å². The van der Waals surface area contributed by atoms with Crippen molar-refractivity contribution in [3.63, 3.8) is 0 Å². The molecule has 0 aliphatic rings. The van der Waals surface area contributed by atoms with Gasteiger partial charge in [0.2, 0.25) is 9.47 Å². The Labute approximate surface area is 99.5 Å². The minimum atomic E-state index is -3.50. The standard InChI is InChI=1S/C8H16N4O2S2/c1-3-4-5-6-12(2)16(13,14)8-11-10-7(9)15-8/h3-6H2,1-2H3,(H2,9,10). The second-order valence-corrected chi connectivity index (χ2v) is 6.67. The van der Waals surface area contributed by atoms with E-state index in [9.17, 15) is 8.42 Å². The summed E-state index contributed by atoms with van der Waals surface area (Å²) in [5.74, 6) is 0. The highest BCUT2D eigenvalue weighted by molar-refractivity contribution is 7.91. The molecule has 0 fully saturated rings. The molecular formula is C8H16N4O2S2. The normalized spacial score (nSPS) is 12.2. The van der Waals surface area contributed by atoms with Gasteiger partial charge in [0, 0.05) is 13.6 Å². The van der Waals surface area contributed by atoms with E-state index in [1.165, 1.54) is 4.31 Å². The first-order chi connectivity index (χ1) is 7.48. The molecule has 1 rings (SSSR count). The van der Waals surface area contributed by atoms with Crippen molar-refractivity contribution in [3.05, 3.63) is 0 Å². The third kappa shape index (κ3) is 3.13. The maximum atomic E-state index is 11.9. The van der Waals surface area contributed by atoms with Gasteiger partial charge in [-0.05, 0) is 6.42 Å². The van der Waals surface area contributed by atoms with Crippen LogP contribution in [0.15, 0.2) is 4.34 Å². The predicted octanol–water partition coefficient (Wildman–Crippen LogP) is 0.931. The van der Waals surface area contributed by atoms with Crippen molar-refractivity contribution < 1.29 is 8.42 Å². The largest absolute Gasteiger partial charge is 0.374 e. The van der Waals surface area contributed by atoms with E-state index in [0.29, 0.717) is 6.54 Å². The minimum Gasteiger partial charge on any atom is -0.374 e. The SMILES string of the molecule is CCCCCN(C)S(=O)(=O)c1nnc(N)s1. The maximum Gasteiger partial charge on any atom is 0.272 e. The summed E-state index contributed by atoms with van der Waals surface area (Å²) in [6.45, 7) is 2.57. The highest BCUT2D eigenvalue weighted by atomic mass is 32.2. The lowest BCUT2D eigenvalue weighted by Gasteiger charge is -2.14. The summed E-state index contributed by atoms with van der Waals surface area (Å²) >= 11 is 0.888. The molecule has 0 unspecified atom stereocenters. The Morgan fingerprint density at radius 2 is 2.06 bits per heavy atom. The molecule has 1 heterocycles. The lowest BCUT2D eigenvalue weighted by molar-refractivity contribution is 0.453. The van der Waals surface area contributed by atoms with Gasteiger partial charge in [-0.25, -0.2) is 8.42 Å². The summed E-state index contributed by atoms with van der Waals surface area (Å²) in [5.41, 5.74) is 5.36. The number of aromatic nitrogens is 2. The van der Waals surface area contributed by atoms with Gasteiger partial charge in [0.1, 0.15) is 0 Å². The van der Waals surface area contributed by atoms with Crippen LogP contribution < -0.4 is 5.73 Å². The number of nitrogen functional groups attached to an aromatic ring is 1. The number of sulfonamides is 1. The van der Waals surface area contributed by atoms with Crippen LogP contribution in [-0.2, 0) is 10.0 Å². The molecule has 0 amide bonds. The van der Waals surface area contributed by atoms with Gasteiger partial charge in [-0.1, -0.05) is 31.1 Å². The number of rotatable bonds is 6. The lowest BCUT2D eigenvalue weighted by atomic mass is 10.2. The van der Waals surface area contributed by atoms with E-state index < -0.39 is 10.0 Å². The summed E-state index contributed by atoms with van der Waals surface area (Å²) in [5, 5.41) is 7.22. The number of anilines is 1. The van der Waals surface area contributed by atoms with Crippen molar-refractivity contribution in [1.29, 1.82) is 0 Å². The van der Waals surface area contributed by atoms with Crippen molar-refractivity contribution in [2.75, 3.05) is 19.3 Å². The first-order valence-corrected chi connectivity index (χ1v) is 7.29. The first-order valence-electron chi connectivity index (χ1n) is 5.03. The van der Waals surface area contributed by atoms with Crippen molar-refractivity contribution in [3.8, 4) is 0 Å². The fraction of sp³-hybridized carbons (Fsp3) is 0.750. The van der Waals surface area contributed by atoms with Crippen LogP contribution in [0.1, 0.15) is 26.2 Å². The van der Waals surface area contributed by atoms with Crippen LogP contribution in [0.3, 0.4) is 0 Å². The third-order valence-corrected chi connectivity index (χ3v) is 5.08. The molecule has 0 radical (unpaired) electrons. The van der Waals surface area contributed by atoms with Gasteiger partial charge in [0.15, 0.2) is 0 Å². The Morgan fingerprint density at radius 1 is 1.38 bits per heavy atom. The van der Waals surface area contributed by atoms with Crippen LogP contribution in [0.2, 0.25) is 0 Å². The van der Waals surface area contributed by atoms with E-state index in [1.807, 2.05) is 0 Å². The van der Waals surface area contributed by atoms with E-state index in [-0.39, 0.29) is 9.47 Å². The van der Waals surface area contributed by atoms with Gasteiger partial charge in [-0.2, -0.15) is 4.31 Å². The first kappa shape index (κ1) is 13.3. The molecule has 8 heteroatoms. The van der Waals surface area contributed by atoms with Crippen LogP contribution in [0.5, 0.6) is 0 Å². The van der Waals surface area contributed by atoms with Gasteiger partial charge >= 0.3 is 0 Å². The number of nitrogens with two attached hydrogens (primary N) is 1. The van der Waals surface area contributed by atoms with E-state index in [0.717, 1.165) is 30.6 Å². The fourth-order valence-electron chi connectivity index (χ4n) is 1.16. The highest BCUT2D eigenvalue weighted by Gasteiger charge is 2.24. The molecule has 1 aromatic rings. The molecule has 2 N–H and O–H groups in total. The molecule has 92 valence electrons. The zero-order valence-corrected chi connectivity index (χ0v) is 11.0. The average molecular weight is 264 g/mol. The van der Waals surface area contributed by atoms with Crippen LogP contribution in [0, 0.1) is 0 Å². The van der Waals surface area contributed by atoms with Gasteiger partial charge in [-0.15, -0.1) is 10.2 Å². The molecule has 0 saturated heterocycles. The van der Waals surface area contributed by atoms with Gasteiger partial charge in [0.05, 0.1) is 0 Å². The molecule has 0 atom stereocenters. The topological polar surface area (TPSA) is 89.2 Å². The molecule has 0 bridgehead atoms.